The molecule has 0 atom stereocenters. The van der Waals surface area contributed by atoms with Crippen molar-refractivity contribution in [3.63, 3.8) is 0 Å². The normalized spacial score (nSPS) is 12.2. The fourth-order valence-electron chi connectivity index (χ4n) is 2.04. The molecule has 0 aromatic heterocycles. The zero-order valence-corrected chi connectivity index (χ0v) is 14.4. The van der Waals surface area contributed by atoms with Crippen LogP contribution in [0.25, 0.3) is 0 Å². The zero-order chi connectivity index (χ0) is 17.3. The van der Waals surface area contributed by atoms with Crippen molar-refractivity contribution in [1.82, 2.24) is 0 Å². The molecule has 0 saturated heterocycles. The molecule has 0 N–H and O–H groups in total. The van der Waals surface area contributed by atoms with Crippen molar-refractivity contribution < 1.29 is 21.6 Å². The van der Waals surface area contributed by atoms with Crippen molar-refractivity contribution in [2.24, 2.45) is 0 Å². The van der Waals surface area contributed by atoms with Crippen LogP contribution in [-0.2, 0) is 16.2 Å². The Morgan fingerprint density at radius 3 is 1.96 bits per heavy atom. The van der Waals surface area contributed by atoms with E-state index in [9.17, 15) is 21.6 Å². The number of alkyl halides is 3. The highest BCUT2D eigenvalue weighted by Gasteiger charge is 2.31. The van der Waals surface area contributed by atoms with Crippen molar-refractivity contribution in [2.45, 2.75) is 18.0 Å². The SMILES string of the molecule is CCN(c1ccc(C(F)(F)F)cc1)S(=O)(=O)c1ccc(Br)cc1. The van der Waals surface area contributed by atoms with E-state index >= 15 is 0 Å². The van der Waals surface area contributed by atoms with E-state index < -0.39 is 21.8 Å². The van der Waals surface area contributed by atoms with Gasteiger partial charge in [-0.05, 0) is 55.5 Å². The summed E-state index contributed by atoms with van der Waals surface area (Å²) in [4.78, 5) is 0.0717. The Kier molecular flexibility index (Phi) is 5.05. The van der Waals surface area contributed by atoms with Crippen molar-refractivity contribution in [2.75, 3.05) is 10.8 Å². The Morgan fingerprint density at radius 2 is 1.52 bits per heavy atom. The van der Waals surface area contributed by atoms with E-state index in [2.05, 4.69) is 15.9 Å². The van der Waals surface area contributed by atoms with Crippen LogP contribution in [0.3, 0.4) is 0 Å². The highest BCUT2D eigenvalue weighted by atomic mass is 79.9. The zero-order valence-electron chi connectivity index (χ0n) is 12.0. The molecule has 0 aliphatic heterocycles. The topological polar surface area (TPSA) is 37.4 Å². The summed E-state index contributed by atoms with van der Waals surface area (Å²) >= 11 is 3.22. The standard InChI is InChI=1S/C15H13BrF3NO2S/c1-2-20(13-7-3-11(4-8-13)15(17,18)19)23(21,22)14-9-5-12(16)6-10-14/h3-10H,2H2,1H3. The van der Waals surface area contributed by atoms with Gasteiger partial charge in [0.05, 0.1) is 16.1 Å². The highest BCUT2D eigenvalue weighted by Crippen LogP contribution is 2.31. The van der Waals surface area contributed by atoms with Crippen molar-refractivity contribution in [3.8, 4) is 0 Å². The molecule has 0 radical (unpaired) electrons. The van der Waals surface area contributed by atoms with Crippen LogP contribution in [0, 0.1) is 0 Å². The molecule has 0 unspecified atom stereocenters. The second-order valence-electron chi connectivity index (χ2n) is 4.67. The maximum atomic E-state index is 12.6. The van der Waals surface area contributed by atoms with Crippen molar-refractivity contribution in [3.05, 3.63) is 58.6 Å². The van der Waals surface area contributed by atoms with Crippen LogP contribution in [0.1, 0.15) is 12.5 Å². The van der Waals surface area contributed by atoms with Gasteiger partial charge in [-0.15, -0.1) is 0 Å². The van der Waals surface area contributed by atoms with Gasteiger partial charge in [0, 0.05) is 11.0 Å². The van der Waals surface area contributed by atoms with E-state index in [4.69, 9.17) is 0 Å². The van der Waals surface area contributed by atoms with E-state index in [1.54, 1.807) is 19.1 Å². The van der Waals surface area contributed by atoms with Gasteiger partial charge in [0.15, 0.2) is 0 Å². The Hall–Kier alpha value is -1.54. The van der Waals surface area contributed by atoms with Crippen LogP contribution in [0.15, 0.2) is 57.9 Å². The van der Waals surface area contributed by atoms with Crippen LogP contribution < -0.4 is 4.31 Å². The first-order chi connectivity index (χ1) is 10.7. The minimum Gasteiger partial charge on any atom is -0.267 e. The van der Waals surface area contributed by atoms with Crippen molar-refractivity contribution >= 4 is 31.6 Å². The third-order valence-electron chi connectivity index (χ3n) is 3.17. The summed E-state index contributed by atoms with van der Waals surface area (Å²) in [6.45, 7) is 1.72. The number of hydrogen-bond acceptors (Lipinski definition) is 2. The van der Waals surface area contributed by atoms with Gasteiger partial charge in [-0.2, -0.15) is 13.2 Å². The monoisotopic (exact) mass is 407 g/mol. The van der Waals surface area contributed by atoms with E-state index in [0.717, 1.165) is 33.0 Å². The lowest BCUT2D eigenvalue weighted by Gasteiger charge is -2.23. The second kappa shape index (κ2) is 6.52. The summed E-state index contributed by atoms with van der Waals surface area (Å²) < 4.78 is 64.9. The lowest BCUT2D eigenvalue weighted by molar-refractivity contribution is -0.137. The van der Waals surface area contributed by atoms with Crippen LogP contribution >= 0.6 is 15.9 Å². The summed E-state index contributed by atoms with van der Waals surface area (Å²) in [6, 6.07) is 10.1. The number of nitrogens with zero attached hydrogens (tertiary/aromatic N) is 1. The molecule has 8 heteroatoms. The lowest BCUT2D eigenvalue weighted by Crippen LogP contribution is -2.30. The third-order valence-corrected chi connectivity index (χ3v) is 5.62. The first-order valence-corrected chi connectivity index (χ1v) is 8.85. The Labute approximate surface area is 140 Å². The molecule has 0 saturated carbocycles. The Bertz CT molecular complexity index is 772. The molecule has 2 rings (SSSR count). The quantitative estimate of drug-likeness (QED) is 0.737. The summed E-state index contributed by atoms with van der Waals surface area (Å²) in [5.74, 6) is 0. The Morgan fingerprint density at radius 1 is 1.00 bits per heavy atom. The summed E-state index contributed by atoms with van der Waals surface area (Å²) in [7, 11) is -3.84. The molecule has 124 valence electrons. The van der Waals surface area contributed by atoms with Gasteiger partial charge in [0.25, 0.3) is 10.0 Å². The van der Waals surface area contributed by atoms with Crippen LogP contribution in [0.5, 0.6) is 0 Å². The van der Waals surface area contributed by atoms with E-state index in [0.29, 0.717) is 0 Å². The Balaban J connectivity index is 2.41. The maximum absolute atomic E-state index is 12.6. The molecule has 0 amide bonds. The predicted molar refractivity (Wildman–Crippen MR) is 85.8 cm³/mol. The van der Waals surface area contributed by atoms with Gasteiger partial charge >= 0.3 is 6.18 Å². The van der Waals surface area contributed by atoms with Gasteiger partial charge in [-0.1, -0.05) is 15.9 Å². The van der Waals surface area contributed by atoms with Gasteiger partial charge in [-0.3, -0.25) is 4.31 Å². The molecule has 0 heterocycles. The maximum Gasteiger partial charge on any atom is 0.416 e. The van der Waals surface area contributed by atoms with E-state index in [1.807, 2.05) is 0 Å². The van der Waals surface area contributed by atoms with Crippen LogP contribution in [-0.4, -0.2) is 15.0 Å². The average Bonchev–Trinajstić information content (AvgIpc) is 2.48. The molecule has 0 fully saturated rings. The summed E-state index contributed by atoms with van der Waals surface area (Å²) in [5, 5.41) is 0. The molecule has 2 aromatic carbocycles. The molecular formula is C15H13BrF3NO2S. The first kappa shape index (κ1) is 17.8. The molecule has 0 aliphatic carbocycles. The summed E-state index contributed by atoms with van der Waals surface area (Å²) in [5.41, 5.74) is -0.637. The third kappa shape index (κ3) is 3.87. The number of anilines is 1. The largest absolute Gasteiger partial charge is 0.416 e. The molecule has 0 spiro atoms. The number of rotatable bonds is 4. The van der Waals surface area contributed by atoms with Gasteiger partial charge in [0.1, 0.15) is 0 Å². The number of benzene rings is 2. The van der Waals surface area contributed by atoms with Gasteiger partial charge in [-0.25, -0.2) is 8.42 Å². The smallest absolute Gasteiger partial charge is 0.267 e. The lowest BCUT2D eigenvalue weighted by atomic mass is 10.2. The number of sulfonamides is 1. The minimum absolute atomic E-state index is 0.0717. The fourth-order valence-corrected chi connectivity index (χ4v) is 3.78. The van der Waals surface area contributed by atoms with Gasteiger partial charge < -0.3 is 0 Å². The van der Waals surface area contributed by atoms with E-state index in [1.165, 1.54) is 12.1 Å². The predicted octanol–water partition coefficient (Wildman–Crippen LogP) is 4.68. The number of halogens is 4. The van der Waals surface area contributed by atoms with Crippen LogP contribution in [0.4, 0.5) is 18.9 Å². The first-order valence-electron chi connectivity index (χ1n) is 6.62. The molecule has 2 aromatic rings. The molecule has 3 nitrogen and oxygen atoms in total. The van der Waals surface area contributed by atoms with E-state index in [-0.39, 0.29) is 17.1 Å². The number of hydrogen-bond donors (Lipinski definition) is 0. The molecule has 0 bridgehead atoms. The average molecular weight is 408 g/mol. The molecular weight excluding hydrogens is 395 g/mol. The summed E-state index contributed by atoms with van der Waals surface area (Å²) in [6.07, 6.45) is -4.46. The minimum atomic E-state index is -4.46. The molecule has 0 aliphatic rings. The fraction of sp³-hybridized carbons (Fsp3) is 0.200. The molecule has 23 heavy (non-hydrogen) atoms. The van der Waals surface area contributed by atoms with Crippen molar-refractivity contribution in [1.29, 1.82) is 0 Å². The highest BCUT2D eigenvalue weighted by molar-refractivity contribution is 9.10. The second-order valence-corrected chi connectivity index (χ2v) is 7.45. The van der Waals surface area contributed by atoms with Crippen LogP contribution in [0.2, 0.25) is 0 Å². The van der Waals surface area contributed by atoms with Gasteiger partial charge in [0.2, 0.25) is 0 Å².